The summed E-state index contributed by atoms with van der Waals surface area (Å²) in [7, 11) is 0. The first kappa shape index (κ1) is 11.4. The van der Waals surface area contributed by atoms with Crippen molar-refractivity contribution < 1.29 is 4.79 Å². The van der Waals surface area contributed by atoms with E-state index in [1.54, 1.807) is 18.5 Å². The van der Waals surface area contributed by atoms with Crippen LogP contribution in [-0.4, -0.2) is 26.1 Å². The molecule has 1 unspecified atom stereocenters. The highest BCUT2D eigenvalue weighted by Crippen LogP contribution is 2.07. The zero-order valence-electron chi connectivity index (χ0n) is 9.82. The Labute approximate surface area is 98.9 Å². The van der Waals surface area contributed by atoms with E-state index < -0.39 is 0 Å². The van der Waals surface area contributed by atoms with Crippen LogP contribution in [-0.2, 0) is 11.2 Å². The molecule has 0 aliphatic rings. The topological polar surface area (TPSA) is 86.5 Å². The summed E-state index contributed by atoms with van der Waals surface area (Å²) in [6.07, 6.45) is 3.67. The molecule has 0 saturated heterocycles. The summed E-state index contributed by atoms with van der Waals surface area (Å²) in [4.78, 5) is 19.0. The Morgan fingerprint density at radius 3 is 3.00 bits per heavy atom. The van der Waals surface area contributed by atoms with E-state index in [1.165, 1.54) is 0 Å². The van der Waals surface area contributed by atoms with Crippen molar-refractivity contribution in [3.05, 3.63) is 35.7 Å². The number of amides is 1. The van der Waals surface area contributed by atoms with Crippen molar-refractivity contribution in [2.45, 2.75) is 26.3 Å². The minimum atomic E-state index is -0.126. The number of aryl methyl sites for hydroxylation is 1. The first-order valence-electron chi connectivity index (χ1n) is 5.44. The van der Waals surface area contributed by atoms with Gasteiger partial charge in [0.15, 0.2) is 0 Å². The molecule has 1 amide bonds. The number of aromatic amines is 2. The van der Waals surface area contributed by atoms with E-state index in [0.717, 1.165) is 17.2 Å². The van der Waals surface area contributed by atoms with Gasteiger partial charge in [0.2, 0.25) is 5.91 Å². The number of carbonyl (C=O) groups excluding carboxylic acids is 1. The molecular formula is C11H15N5O. The zero-order valence-corrected chi connectivity index (χ0v) is 9.82. The molecular weight excluding hydrogens is 218 g/mol. The maximum Gasteiger partial charge on any atom is 0.226 e. The molecule has 2 heterocycles. The third-order valence-corrected chi connectivity index (χ3v) is 2.42. The van der Waals surface area contributed by atoms with Gasteiger partial charge in [-0.15, -0.1) is 0 Å². The van der Waals surface area contributed by atoms with E-state index in [4.69, 9.17) is 0 Å². The van der Waals surface area contributed by atoms with E-state index >= 15 is 0 Å². The summed E-state index contributed by atoms with van der Waals surface area (Å²) < 4.78 is 0. The van der Waals surface area contributed by atoms with Crippen LogP contribution < -0.4 is 5.32 Å². The predicted molar refractivity (Wildman–Crippen MR) is 62.2 cm³/mol. The van der Waals surface area contributed by atoms with Gasteiger partial charge in [-0.25, -0.2) is 4.98 Å². The SMILES string of the molecule is Cc1cnc(C(C)NC(=O)Cc2ccn[nH]2)[nH]1. The van der Waals surface area contributed by atoms with Crippen LogP contribution in [0.5, 0.6) is 0 Å². The number of carbonyl (C=O) groups is 1. The second kappa shape index (κ2) is 4.82. The average molecular weight is 233 g/mol. The second-order valence-corrected chi connectivity index (χ2v) is 4.00. The molecule has 3 N–H and O–H groups in total. The van der Waals surface area contributed by atoms with E-state index in [2.05, 4.69) is 25.5 Å². The zero-order chi connectivity index (χ0) is 12.3. The number of H-pyrrole nitrogens is 2. The third kappa shape index (κ3) is 2.93. The molecule has 0 spiro atoms. The smallest absolute Gasteiger partial charge is 0.226 e. The normalized spacial score (nSPS) is 12.4. The third-order valence-electron chi connectivity index (χ3n) is 2.42. The Morgan fingerprint density at radius 1 is 1.59 bits per heavy atom. The molecule has 0 bridgehead atoms. The van der Waals surface area contributed by atoms with Crippen LogP contribution in [0.3, 0.4) is 0 Å². The lowest BCUT2D eigenvalue weighted by Crippen LogP contribution is -2.28. The molecule has 0 aromatic carbocycles. The van der Waals surface area contributed by atoms with Crippen molar-refractivity contribution in [2.24, 2.45) is 0 Å². The minimum Gasteiger partial charge on any atom is -0.346 e. The van der Waals surface area contributed by atoms with Crippen molar-refractivity contribution in [1.29, 1.82) is 0 Å². The number of nitrogens with zero attached hydrogens (tertiary/aromatic N) is 2. The van der Waals surface area contributed by atoms with Crippen LogP contribution in [0, 0.1) is 6.92 Å². The fourth-order valence-corrected chi connectivity index (χ4v) is 1.57. The van der Waals surface area contributed by atoms with Gasteiger partial charge in [-0.2, -0.15) is 5.10 Å². The predicted octanol–water partition coefficient (Wildman–Crippen LogP) is 0.861. The fourth-order valence-electron chi connectivity index (χ4n) is 1.57. The Balaban J connectivity index is 1.90. The molecule has 17 heavy (non-hydrogen) atoms. The van der Waals surface area contributed by atoms with Crippen LogP contribution in [0.15, 0.2) is 18.5 Å². The van der Waals surface area contributed by atoms with E-state index in [0.29, 0.717) is 6.42 Å². The first-order valence-corrected chi connectivity index (χ1v) is 5.44. The molecule has 0 fully saturated rings. The van der Waals surface area contributed by atoms with Crippen molar-refractivity contribution in [2.75, 3.05) is 0 Å². The molecule has 0 aliphatic heterocycles. The van der Waals surface area contributed by atoms with Gasteiger partial charge in [-0.05, 0) is 19.9 Å². The molecule has 6 nitrogen and oxygen atoms in total. The standard InChI is InChI=1S/C11H15N5O/c1-7-6-12-11(14-7)8(2)15-10(17)5-9-3-4-13-16-9/h3-4,6,8H,5H2,1-2H3,(H,12,14)(H,13,16)(H,15,17). The average Bonchev–Trinajstić information content (AvgIpc) is 2.89. The van der Waals surface area contributed by atoms with Crippen molar-refractivity contribution in [3.8, 4) is 0 Å². The number of hydrogen-bond donors (Lipinski definition) is 3. The number of imidazole rings is 1. The summed E-state index contributed by atoms with van der Waals surface area (Å²) in [5.41, 5.74) is 1.78. The van der Waals surface area contributed by atoms with Crippen molar-refractivity contribution in [3.63, 3.8) is 0 Å². The number of hydrogen-bond acceptors (Lipinski definition) is 3. The van der Waals surface area contributed by atoms with Gasteiger partial charge in [0.1, 0.15) is 5.82 Å². The van der Waals surface area contributed by atoms with Crippen LogP contribution in [0.4, 0.5) is 0 Å². The summed E-state index contributed by atoms with van der Waals surface area (Å²) >= 11 is 0. The molecule has 6 heteroatoms. The largest absolute Gasteiger partial charge is 0.346 e. The quantitative estimate of drug-likeness (QED) is 0.732. The van der Waals surface area contributed by atoms with E-state index in [1.807, 2.05) is 13.8 Å². The maximum absolute atomic E-state index is 11.7. The highest BCUT2D eigenvalue weighted by molar-refractivity contribution is 5.78. The van der Waals surface area contributed by atoms with Gasteiger partial charge < -0.3 is 10.3 Å². The molecule has 0 radical (unpaired) electrons. The van der Waals surface area contributed by atoms with Gasteiger partial charge in [0.05, 0.1) is 12.5 Å². The highest BCUT2D eigenvalue weighted by atomic mass is 16.1. The van der Waals surface area contributed by atoms with Crippen molar-refractivity contribution in [1.82, 2.24) is 25.5 Å². The molecule has 0 saturated carbocycles. The van der Waals surface area contributed by atoms with Gasteiger partial charge in [0.25, 0.3) is 0 Å². The lowest BCUT2D eigenvalue weighted by molar-refractivity contribution is -0.121. The molecule has 2 aromatic heterocycles. The van der Waals surface area contributed by atoms with Gasteiger partial charge >= 0.3 is 0 Å². The molecule has 2 rings (SSSR count). The van der Waals surface area contributed by atoms with E-state index in [9.17, 15) is 4.79 Å². The van der Waals surface area contributed by atoms with Crippen LogP contribution in [0.2, 0.25) is 0 Å². The number of aromatic nitrogens is 4. The summed E-state index contributed by atoms with van der Waals surface area (Å²) in [6.45, 7) is 3.82. The lowest BCUT2D eigenvalue weighted by atomic mass is 10.2. The Kier molecular flexibility index (Phi) is 3.22. The molecule has 1 atom stereocenters. The van der Waals surface area contributed by atoms with Crippen molar-refractivity contribution >= 4 is 5.91 Å². The summed E-state index contributed by atoms with van der Waals surface area (Å²) in [5.74, 6) is 0.705. The lowest BCUT2D eigenvalue weighted by Gasteiger charge is -2.10. The Bertz CT molecular complexity index is 488. The monoisotopic (exact) mass is 233 g/mol. The maximum atomic E-state index is 11.7. The van der Waals surface area contributed by atoms with E-state index in [-0.39, 0.29) is 11.9 Å². The minimum absolute atomic E-state index is 0.0594. The van der Waals surface area contributed by atoms with Crippen LogP contribution in [0.1, 0.15) is 30.2 Å². The second-order valence-electron chi connectivity index (χ2n) is 4.00. The number of nitrogens with one attached hydrogen (secondary N) is 3. The highest BCUT2D eigenvalue weighted by Gasteiger charge is 2.12. The van der Waals surface area contributed by atoms with Gasteiger partial charge in [0, 0.05) is 23.8 Å². The van der Waals surface area contributed by atoms with Gasteiger partial charge in [-0.3, -0.25) is 9.89 Å². The molecule has 2 aromatic rings. The van der Waals surface area contributed by atoms with Crippen LogP contribution >= 0.6 is 0 Å². The molecule has 0 aliphatic carbocycles. The fraction of sp³-hybridized carbons (Fsp3) is 0.364. The molecule has 90 valence electrons. The Morgan fingerprint density at radius 2 is 2.41 bits per heavy atom. The first-order chi connectivity index (χ1) is 8.15. The summed E-state index contributed by atoms with van der Waals surface area (Å²) in [5, 5.41) is 9.41. The Hall–Kier alpha value is -2.11. The van der Waals surface area contributed by atoms with Crippen LogP contribution in [0.25, 0.3) is 0 Å². The van der Waals surface area contributed by atoms with Gasteiger partial charge in [-0.1, -0.05) is 0 Å². The summed E-state index contributed by atoms with van der Waals surface area (Å²) in [6, 6.07) is 1.65. The number of rotatable bonds is 4.